The molecule has 0 fully saturated rings. The normalized spacial score (nSPS) is 16.7. The van der Waals surface area contributed by atoms with Crippen LogP contribution in [-0.4, -0.2) is 36.5 Å². The average molecular weight is 373 g/mol. The van der Waals surface area contributed by atoms with Crippen LogP contribution in [0.25, 0.3) is 0 Å². The van der Waals surface area contributed by atoms with E-state index < -0.39 is 6.04 Å². The molecule has 5 nitrogen and oxygen atoms in total. The summed E-state index contributed by atoms with van der Waals surface area (Å²) in [4.78, 5) is 26.5. The van der Waals surface area contributed by atoms with Gasteiger partial charge in [0.15, 0.2) is 0 Å². The number of esters is 1. The average Bonchev–Trinajstić information content (AvgIpc) is 2.63. The molecule has 0 saturated heterocycles. The highest BCUT2D eigenvalue weighted by atomic mass is 35.5. The SMILES string of the molecule is COC(=O)[C@H]1Cc2ccccc2CN1CC(=O)Nc1ccc(C)c(Cl)c1. The second-order valence-corrected chi connectivity index (χ2v) is 6.84. The number of carbonyl (C=O) groups excluding carboxylic acids is 2. The molecule has 0 aliphatic carbocycles. The Morgan fingerprint density at radius 3 is 2.65 bits per heavy atom. The molecule has 1 aliphatic rings. The first-order chi connectivity index (χ1) is 12.5. The van der Waals surface area contributed by atoms with E-state index in [9.17, 15) is 9.59 Å². The number of rotatable bonds is 4. The van der Waals surface area contributed by atoms with Crippen molar-refractivity contribution < 1.29 is 14.3 Å². The molecule has 0 saturated carbocycles. The number of carbonyl (C=O) groups is 2. The second-order valence-electron chi connectivity index (χ2n) is 6.43. The van der Waals surface area contributed by atoms with Gasteiger partial charge in [0.05, 0.1) is 13.7 Å². The Morgan fingerprint density at radius 1 is 1.23 bits per heavy atom. The molecule has 3 rings (SSSR count). The van der Waals surface area contributed by atoms with Gasteiger partial charge in [0.1, 0.15) is 6.04 Å². The maximum Gasteiger partial charge on any atom is 0.323 e. The van der Waals surface area contributed by atoms with Gasteiger partial charge in [-0.15, -0.1) is 0 Å². The van der Waals surface area contributed by atoms with Gasteiger partial charge >= 0.3 is 5.97 Å². The van der Waals surface area contributed by atoms with Gasteiger partial charge in [-0.1, -0.05) is 41.9 Å². The van der Waals surface area contributed by atoms with Crippen LogP contribution < -0.4 is 5.32 Å². The van der Waals surface area contributed by atoms with E-state index >= 15 is 0 Å². The summed E-state index contributed by atoms with van der Waals surface area (Å²) < 4.78 is 4.93. The van der Waals surface area contributed by atoms with Gasteiger partial charge < -0.3 is 10.1 Å². The number of fused-ring (bicyclic) bond motifs is 1. The number of hydrogen-bond donors (Lipinski definition) is 1. The number of halogens is 1. The number of hydrogen-bond acceptors (Lipinski definition) is 4. The lowest BCUT2D eigenvalue weighted by molar-refractivity contribution is -0.148. The van der Waals surface area contributed by atoms with E-state index in [0.29, 0.717) is 23.7 Å². The summed E-state index contributed by atoms with van der Waals surface area (Å²) in [6.07, 6.45) is 0.534. The van der Waals surface area contributed by atoms with Crippen molar-refractivity contribution in [1.82, 2.24) is 4.90 Å². The standard InChI is InChI=1S/C20H21ClN2O3/c1-13-7-8-16(10-17(13)21)22-19(24)12-23-11-15-6-4-3-5-14(15)9-18(23)20(25)26-2/h3-8,10,18H,9,11-12H2,1-2H3,(H,22,24)/t18-/m1/s1. The van der Waals surface area contributed by atoms with Crippen molar-refractivity contribution in [2.45, 2.75) is 25.9 Å². The third-order valence-corrected chi connectivity index (χ3v) is 5.03. The van der Waals surface area contributed by atoms with Gasteiger partial charge in [0.2, 0.25) is 5.91 Å². The number of anilines is 1. The van der Waals surface area contributed by atoms with Gasteiger partial charge in [0.25, 0.3) is 0 Å². The van der Waals surface area contributed by atoms with Crippen LogP contribution in [0.3, 0.4) is 0 Å². The predicted octanol–water partition coefficient (Wildman–Crippen LogP) is 3.19. The summed E-state index contributed by atoms with van der Waals surface area (Å²) >= 11 is 6.11. The molecule has 0 bridgehead atoms. The van der Waals surface area contributed by atoms with E-state index in [2.05, 4.69) is 5.32 Å². The zero-order valence-electron chi connectivity index (χ0n) is 14.8. The highest BCUT2D eigenvalue weighted by Gasteiger charge is 2.33. The van der Waals surface area contributed by atoms with Crippen LogP contribution >= 0.6 is 11.6 Å². The number of ether oxygens (including phenoxy) is 1. The van der Waals surface area contributed by atoms with Crippen LogP contribution in [0.4, 0.5) is 5.69 Å². The summed E-state index contributed by atoms with van der Waals surface area (Å²) in [7, 11) is 1.37. The quantitative estimate of drug-likeness (QED) is 0.837. The lowest BCUT2D eigenvalue weighted by Gasteiger charge is -2.34. The van der Waals surface area contributed by atoms with Gasteiger partial charge in [0, 0.05) is 17.3 Å². The van der Waals surface area contributed by atoms with Gasteiger partial charge in [-0.25, -0.2) is 0 Å². The number of benzene rings is 2. The first kappa shape index (κ1) is 18.4. The number of amides is 1. The van der Waals surface area contributed by atoms with Crippen molar-refractivity contribution in [2.24, 2.45) is 0 Å². The van der Waals surface area contributed by atoms with Gasteiger partial charge in [-0.2, -0.15) is 0 Å². The van der Waals surface area contributed by atoms with E-state index in [1.165, 1.54) is 7.11 Å². The van der Waals surface area contributed by atoms with E-state index in [4.69, 9.17) is 16.3 Å². The fraction of sp³-hybridized carbons (Fsp3) is 0.300. The second kappa shape index (κ2) is 7.89. The zero-order chi connectivity index (χ0) is 18.7. The van der Waals surface area contributed by atoms with Crippen LogP contribution in [0.1, 0.15) is 16.7 Å². The van der Waals surface area contributed by atoms with E-state index in [0.717, 1.165) is 16.7 Å². The maximum absolute atomic E-state index is 12.5. The Labute approximate surface area is 157 Å². The predicted molar refractivity (Wildman–Crippen MR) is 101 cm³/mol. The van der Waals surface area contributed by atoms with Crippen molar-refractivity contribution in [1.29, 1.82) is 0 Å². The molecule has 1 amide bonds. The first-order valence-electron chi connectivity index (χ1n) is 8.42. The topological polar surface area (TPSA) is 58.6 Å². The van der Waals surface area contributed by atoms with Crippen LogP contribution in [0.2, 0.25) is 5.02 Å². The molecule has 2 aromatic carbocycles. The summed E-state index contributed by atoms with van der Waals surface area (Å²) in [5.41, 5.74) is 3.82. The highest BCUT2D eigenvalue weighted by Crippen LogP contribution is 2.24. The Balaban J connectivity index is 1.74. The highest BCUT2D eigenvalue weighted by molar-refractivity contribution is 6.31. The smallest absolute Gasteiger partial charge is 0.323 e. The minimum atomic E-state index is -0.470. The van der Waals surface area contributed by atoms with Gasteiger partial charge in [-0.3, -0.25) is 14.5 Å². The fourth-order valence-electron chi connectivity index (χ4n) is 3.17. The third kappa shape index (κ3) is 4.06. The molecule has 6 heteroatoms. The molecule has 1 atom stereocenters. The van der Waals surface area contributed by atoms with Gasteiger partial charge in [-0.05, 0) is 42.2 Å². The molecule has 26 heavy (non-hydrogen) atoms. The van der Waals surface area contributed by atoms with Crippen molar-refractivity contribution in [3.05, 3.63) is 64.2 Å². The molecular weight excluding hydrogens is 352 g/mol. The summed E-state index contributed by atoms with van der Waals surface area (Å²) in [5.74, 6) is -0.524. The lowest BCUT2D eigenvalue weighted by atomic mass is 9.94. The van der Waals surface area contributed by atoms with Crippen LogP contribution in [0.15, 0.2) is 42.5 Å². The number of nitrogens with one attached hydrogen (secondary N) is 1. The molecule has 1 heterocycles. The lowest BCUT2D eigenvalue weighted by Crippen LogP contribution is -2.49. The molecule has 2 aromatic rings. The zero-order valence-corrected chi connectivity index (χ0v) is 15.5. The van der Waals surface area contributed by atoms with Crippen LogP contribution in [0.5, 0.6) is 0 Å². The van der Waals surface area contributed by atoms with E-state index in [1.54, 1.807) is 6.07 Å². The van der Waals surface area contributed by atoms with Crippen molar-refractivity contribution in [3.8, 4) is 0 Å². The third-order valence-electron chi connectivity index (χ3n) is 4.62. The Kier molecular flexibility index (Phi) is 5.59. The number of nitrogens with zero attached hydrogens (tertiary/aromatic N) is 1. The monoisotopic (exact) mass is 372 g/mol. The first-order valence-corrected chi connectivity index (χ1v) is 8.80. The number of aryl methyl sites for hydroxylation is 1. The Bertz CT molecular complexity index is 838. The van der Waals surface area contributed by atoms with E-state index in [-0.39, 0.29) is 18.4 Å². The molecule has 0 radical (unpaired) electrons. The van der Waals surface area contributed by atoms with Crippen molar-refractivity contribution in [2.75, 3.05) is 19.0 Å². The summed E-state index contributed by atoms with van der Waals surface area (Å²) in [6.45, 7) is 2.53. The van der Waals surface area contributed by atoms with Crippen LogP contribution in [-0.2, 0) is 27.3 Å². The molecule has 0 unspecified atom stereocenters. The molecule has 0 aromatic heterocycles. The molecule has 0 spiro atoms. The Hall–Kier alpha value is -2.37. The van der Waals surface area contributed by atoms with Crippen molar-refractivity contribution >= 4 is 29.2 Å². The number of methoxy groups -OCH3 is 1. The molecule has 1 N–H and O–H groups in total. The minimum absolute atomic E-state index is 0.0968. The minimum Gasteiger partial charge on any atom is -0.468 e. The fourth-order valence-corrected chi connectivity index (χ4v) is 3.35. The maximum atomic E-state index is 12.5. The molecular formula is C20H21ClN2O3. The Morgan fingerprint density at radius 2 is 1.96 bits per heavy atom. The molecule has 1 aliphatic heterocycles. The van der Waals surface area contributed by atoms with Crippen molar-refractivity contribution in [3.63, 3.8) is 0 Å². The summed E-state index contributed by atoms with van der Waals surface area (Å²) in [6, 6.07) is 12.9. The summed E-state index contributed by atoms with van der Waals surface area (Å²) in [5, 5.41) is 3.44. The van der Waals surface area contributed by atoms with E-state index in [1.807, 2.05) is 48.2 Å². The largest absolute Gasteiger partial charge is 0.468 e. The van der Waals surface area contributed by atoms with Crippen LogP contribution in [0, 0.1) is 6.92 Å². The molecule has 136 valence electrons.